The van der Waals surface area contributed by atoms with Gasteiger partial charge in [0.15, 0.2) is 6.10 Å². The molecule has 0 aliphatic rings. The highest BCUT2D eigenvalue weighted by Crippen LogP contribution is 2.43. The van der Waals surface area contributed by atoms with Crippen LogP contribution < -0.4 is 5.73 Å². The van der Waals surface area contributed by atoms with Crippen molar-refractivity contribution in [3.8, 4) is 0 Å². The predicted molar refractivity (Wildman–Crippen MR) is 220 cm³/mol. The third kappa shape index (κ3) is 40.0. The van der Waals surface area contributed by atoms with Crippen LogP contribution in [0, 0.1) is 0 Å². The molecule has 9 nitrogen and oxygen atoms in total. The second-order valence-electron chi connectivity index (χ2n) is 14.6. The van der Waals surface area contributed by atoms with Crippen LogP contribution in [-0.2, 0) is 32.7 Å². The summed E-state index contributed by atoms with van der Waals surface area (Å²) in [6.07, 6.45) is 42.0. The molecule has 0 saturated carbocycles. The van der Waals surface area contributed by atoms with Gasteiger partial charge in [-0.05, 0) is 64.2 Å². The minimum Gasteiger partial charge on any atom is -0.462 e. The van der Waals surface area contributed by atoms with Gasteiger partial charge in [0.05, 0.1) is 13.2 Å². The van der Waals surface area contributed by atoms with Crippen LogP contribution >= 0.6 is 7.82 Å². The molecule has 0 radical (unpaired) electrons. The van der Waals surface area contributed by atoms with Gasteiger partial charge in [0.1, 0.15) is 6.61 Å². The van der Waals surface area contributed by atoms with Crippen LogP contribution in [-0.4, -0.2) is 49.3 Å². The van der Waals surface area contributed by atoms with Crippen molar-refractivity contribution in [2.45, 2.75) is 213 Å². The van der Waals surface area contributed by atoms with E-state index in [9.17, 15) is 19.0 Å². The Bertz CT molecular complexity index is 928. The van der Waals surface area contributed by atoms with Gasteiger partial charge in [-0.15, -0.1) is 0 Å². The summed E-state index contributed by atoms with van der Waals surface area (Å²) in [5, 5.41) is 0. The second kappa shape index (κ2) is 40.2. The molecule has 2 atom stereocenters. The zero-order valence-corrected chi connectivity index (χ0v) is 35.2. The summed E-state index contributed by atoms with van der Waals surface area (Å²) in [5.74, 6) is -0.838. The first-order valence-electron chi connectivity index (χ1n) is 21.8. The van der Waals surface area contributed by atoms with E-state index >= 15 is 0 Å². The molecule has 0 amide bonds. The Morgan fingerprint density at radius 2 is 0.925 bits per heavy atom. The Morgan fingerprint density at radius 3 is 1.34 bits per heavy atom. The van der Waals surface area contributed by atoms with Gasteiger partial charge in [0.25, 0.3) is 0 Å². The molecule has 312 valence electrons. The highest BCUT2D eigenvalue weighted by molar-refractivity contribution is 7.47. The van der Waals surface area contributed by atoms with Crippen molar-refractivity contribution < 1.29 is 37.6 Å². The van der Waals surface area contributed by atoms with Gasteiger partial charge in [-0.1, -0.05) is 154 Å². The Kier molecular flexibility index (Phi) is 39.0. The lowest BCUT2D eigenvalue weighted by molar-refractivity contribution is -0.161. The smallest absolute Gasteiger partial charge is 0.462 e. The van der Waals surface area contributed by atoms with E-state index in [0.29, 0.717) is 6.42 Å². The van der Waals surface area contributed by atoms with Crippen LogP contribution in [0.3, 0.4) is 0 Å². The Labute approximate surface area is 325 Å². The summed E-state index contributed by atoms with van der Waals surface area (Å²) < 4.78 is 32.8. The van der Waals surface area contributed by atoms with Crippen LogP contribution in [0.5, 0.6) is 0 Å². The summed E-state index contributed by atoms with van der Waals surface area (Å²) >= 11 is 0. The number of phosphoric acid groups is 1. The summed E-state index contributed by atoms with van der Waals surface area (Å²) in [7, 11) is -4.38. The fourth-order valence-corrected chi connectivity index (χ4v) is 6.80. The van der Waals surface area contributed by atoms with Gasteiger partial charge < -0.3 is 20.1 Å². The molecule has 0 aromatic rings. The highest BCUT2D eigenvalue weighted by atomic mass is 31.2. The van der Waals surface area contributed by atoms with E-state index in [1.54, 1.807) is 0 Å². The topological polar surface area (TPSA) is 134 Å². The van der Waals surface area contributed by atoms with Gasteiger partial charge in [0, 0.05) is 19.4 Å². The number of allylic oxidation sites excluding steroid dienone is 4. The van der Waals surface area contributed by atoms with Crippen molar-refractivity contribution in [3.05, 3.63) is 24.3 Å². The molecule has 0 rings (SSSR count). The van der Waals surface area contributed by atoms with Gasteiger partial charge in [-0.25, -0.2) is 4.57 Å². The quantitative estimate of drug-likeness (QED) is 0.0269. The van der Waals surface area contributed by atoms with Crippen LogP contribution in [0.2, 0.25) is 0 Å². The molecule has 0 saturated heterocycles. The molecule has 0 bridgehead atoms. The number of carbonyl (C=O) groups is 2. The summed E-state index contributed by atoms with van der Waals surface area (Å²) in [6.45, 7) is 3.72. The predicted octanol–water partition coefficient (Wildman–Crippen LogP) is 12.4. The first-order chi connectivity index (χ1) is 25.8. The number of nitrogens with two attached hydrogens (primary N) is 1. The number of unbranched alkanes of at least 4 members (excludes halogenated alkanes) is 24. The van der Waals surface area contributed by atoms with Crippen LogP contribution in [0.1, 0.15) is 206 Å². The number of hydrogen-bond acceptors (Lipinski definition) is 8. The highest BCUT2D eigenvalue weighted by Gasteiger charge is 2.26. The van der Waals surface area contributed by atoms with Crippen LogP contribution in [0.15, 0.2) is 24.3 Å². The van der Waals surface area contributed by atoms with Gasteiger partial charge in [-0.2, -0.15) is 0 Å². The van der Waals surface area contributed by atoms with Gasteiger partial charge >= 0.3 is 19.8 Å². The summed E-state index contributed by atoms with van der Waals surface area (Å²) in [6, 6.07) is 0. The van der Waals surface area contributed by atoms with Crippen molar-refractivity contribution in [2.75, 3.05) is 26.4 Å². The molecule has 0 heterocycles. The molecule has 0 aromatic heterocycles. The van der Waals surface area contributed by atoms with E-state index in [-0.39, 0.29) is 38.6 Å². The van der Waals surface area contributed by atoms with Crippen molar-refractivity contribution in [1.82, 2.24) is 0 Å². The summed E-state index contributed by atoms with van der Waals surface area (Å²) in [4.78, 5) is 34.8. The average molecular weight is 772 g/mol. The maximum atomic E-state index is 12.6. The lowest BCUT2D eigenvalue weighted by Gasteiger charge is -2.19. The van der Waals surface area contributed by atoms with E-state index < -0.39 is 26.5 Å². The molecule has 0 fully saturated rings. The van der Waals surface area contributed by atoms with Crippen molar-refractivity contribution >= 4 is 19.8 Å². The minimum absolute atomic E-state index is 0.0525. The monoisotopic (exact) mass is 772 g/mol. The van der Waals surface area contributed by atoms with E-state index in [0.717, 1.165) is 64.2 Å². The largest absolute Gasteiger partial charge is 0.472 e. The van der Waals surface area contributed by atoms with E-state index in [4.69, 9.17) is 24.3 Å². The van der Waals surface area contributed by atoms with Gasteiger partial charge in [-0.3, -0.25) is 18.6 Å². The normalized spacial score (nSPS) is 13.5. The fraction of sp³-hybridized carbons (Fsp3) is 0.860. The van der Waals surface area contributed by atoms with E-state index in [1.807, 2.05) is 0 Å². The van der Waals surface area contributed by atoms with Crippen molar-refractivity contribution in [1.29, 1.82) is 0 Å². The third-order valence-corrected chi connectivity index (χ3v) is 10.3. The number of phosphoric ester groups is 1. The molecular formula is C43H82NO8P. The maximum Gasteiger partial charge on any atom is 0.472 e. The van der Waals surface area contributed by atoms with E-state index in [1.165, 1.54) is 109 Å². The fourth-order valence-electron chi connectivity index (χ4n) is 6.04. The maximum absolute atomic E-state index is 12.6. The molecule has 0 aliphatic carbocycles. The Hall–Kier alpha value is -1.51. The Morgan fingerprint density at radius 1 is 0.547 bits per heavy atom. The zero-order chi connectivity index (χ0) is 38.9. The van der Waals surface area contributed by atoms with Crippen LogP contribution in [0.25, 0.3) is 0 Å². The minimum atomic E-state index is -4.38. The molecule has 1 unspecified atom stereocenters. The third-order valence-electron chi connectivity index (χ3n) is 9.31. The zero-order valence-electron chi connectivity index (χ0n) is 34.3. The van der Waals surface area contributed by atoms with Gasteiger partial charge in [0.2, 0.25) is 0 Å². The van der Waals surface area contributed by atoms with Crippen LogP contribution in [0.4, 0.5) is 0 Å². The SMILES string of the molecule is CCCCCCCC/C=C/CCCCCCCCCC(=O)OC[C@H](COP(=O)(O)OCCN)OC(=O)CCCCCCC/C=C/CCCCCCCC. The van der Waals surface area contributed by atoms with E-state index in [2.05, 4.69) is 38.2 Å². The number of esters is 2. The molecule has 0 aromatic carbocycles. The first-order valence-corrected chi connectivity index (χ1v) is 23.3. The number of ether oxygens (including phenoxy) is 2. The summed E-state index contributed by atoms with van der Waals surface area (Å²) in [5.41, 5.74) is 5.34. The van der Waals surface area contributed by atoms with Crippen molar-refractivity contribution in [2.24, 2.45) is 5.73 Å². The first kappa shape index (κ1) is 51.5. The second-order valence-corrected chi connectivity index (χ2v) is 16.0. The number of hydrogen-bond donors (Lipinski definition) is 2. The Balaban J connectivity index is 4.15. The van der Waals surface area contributed by atoms with Crippen molar-refractivity contribution in [3.63, 3.8) is 0 Å². The molecule has 0 aliphatic heterocycles. The number of rotatable bonds is 41. The molecule has 0 spiro atoms. The molecule has 10 heteroatoms. The molecule has 53 heavy (non-hydrogen) atoms. The number of carbonyl (C=O) groups excluding carboxylic acids is 2. The lowest BCUT2D eigenvalue weighted by atomic mass is 10.1. The lowest BCUT2D eigenvalue weighted by Crippen LogP contribution is -2.29. The standard InChI is InChI=1S/C43H82NO8P/c1-3-5-7-9-11-13-15-17-19-20-22-23-25-27-29-31-33-35-42(45)49-39-41(40-51-53(47,48)50-38-37-44)52-43(46)36-34-32-30-28-26-24-21-18-16-14-12-10-8-6-4-2/h17-19,21,41H,3-16,20,22-40,44H2,1-2H3,(H,47,48)/b19-17+,21-18+/t41-/m1/s1. The molecular weight excluding hydrogens is 689 g/mol. The molecule has 3 N–H and O–H groups in total. The average Bonchev–Trinajstić information content (AvgIpc) is 3.14.